The highest BCUT2D eigenvalue weighted by Crippen LogP contribution is 2.30. The van der Waals surface area contributed by atoms with Crippen molar-refractivity contribution in [1.82, 2.24) is 5.43 Å². The molecule has 2 aromatic rings. The summed E-state index contributed by atoms with van der Waals surface area (Å²) >= 11 is 3.31. The predicted octanol–water partition coefficient (Wildman–Crippen LogP) is 2.86. The van der Waals surface area contributed by atoms with E-state index in [0.29, 0.717) is 11.3 Å². The molecule has 1 atom stereocenters. The van der Waals surface area contributed by atoms with E-state index in [2.05, 4.69) is 21.4 Å². The van der Waals surface area contributed by atoms with Crippen molar-refractivity contribution in [3.05, 3.63) is 63.6 Å². The Balaban J connectivity index is 2.55. The molecular formula is C13H12BrF2N3. The predicted molar refractivity (Wildman–Crippen MR) is 74.1 cm³/mol. The summed E-state index contributed by atoms with van der Waals surface area (Å²) in [7, 11) is 0. The fraction of sp³-hybridized carbons (Fsp3) is 0.0769. The number of hydrogen-bond donors (Lipinski definition) is 3. The Hall–Kier alpha value is -1.50. The van der Waals surface area contributed by atoms with Crippen LogP contribution in [-0.2, 0) is 0 Å². The van der Waals surface area contributed by atoms with E-state index in [-0.39, 0.29) is 5.56 Å². The first-order valence-electron chi connectivity index (χ1n) is 5.49. The van der Waals surface area contributed by atoms with Crippen molar-refractivity contribution in [2.24, 2.45) is 5.84 Å². The maximum atomic E-state index is 13.8. The molecule has 0 radical (unpaired) electrons. The summed E-state index contributed by atoms with van der Waals surface area (Å²) in [6.07, 6.45) is 0. The molecular weight excluding hydrogens is 316 g/mol. The number of nitrogen functional groups attached to an aromatic ring is 1. The van der Waals surface area contributed by atoms with Crippen molar-refractivity contribution in [3.63, 3.8) is 0 Å². The Morgan fingerprint density at radius 2 is 1.79 bits per heavy atom. The summed E-state index contributed by atoms with van der Waals surface area (Å²) < 4.78 is 27.8. The van der Waals surface area contributed by atoms with Gasteiger partial charge in [-0.05, 0) is 42.0 Å². The van der Waals surface area contributed by atoms with Gasteiger partial charge in [0, 0.05) is 15.7 Å². The molecule has 0 aliphatic carbocycles. The van der Waals surface area contributed by atoms with Gasteiger partial charge in [0.2, 0.25) is 0 Å². The van der Waals surface area contributed by atoms with E-state index in [1.807, 2.05) is 0 Å². The van der Waals surface area contributed by atoms with Crippen LogP contribution in [0.25, 0.3) is 0 Å². The molecule has 0 saturated carbocycles. The molecule has 0 fully saturated rings. The molecule has 0 aliphatic rings. The van der Waals surface area contributed by atoms with E-state index >= 15 is 0 Å². The fourth-order valence-corrected chi connectivity index (χ4v) is 2.26. The zero-order valence-corrected chi connectivity index (χ0v) is 11.4. The van der Waals surface area contributed by atoms with Crippen molar-refractivity contribution >= 4 is 21.6 Å². The highest BCUT2D eigenvalue weighted by molar-refractivity contribution is 9.10. The van der Waals surface area contributed by atoms with Gasteiger partial charge in [0.15, 0.2) is 0 Å². The minimum atomic E-state index is -0.729. The number of nitrogens with one attached hydrogen (secondary N) is 1. The van der Waals surface area contributed by atoms with Crippen LogP contribution in [0.3, 0.4) is 0 Å². The number of benzene rings is 2. The SMILES string of the molecule is NNC(c1cc(Br)ccc1N)c1cc(F)ccc1F. The molecule has 2 aromatic carbocycles. The average Bonchev–Trinajstić information content (AvgIpc) is 2.38. The van der Waals surface area contributed by atoms with Crippen molar-refractivity contribution in [3.8, 4) is 0 Å². The van der Waals surface area contributed by atoms with Crippen LogP contribution in [0.15, 0.2) is 40.9 Å². The lowest BCUT2D eigenvalue weighted by atomic mass is 9.97. The Labute approximate surface area is 117 Å². The van der Waals surface area contributed by atoms with Crippen LogP contribution in [0, 0.1) is 11.6 Å². The van der Waals surface area contributed by atoms with Gasteiger partial charge in [-0.1, -0.05) is 15.9 Å². The third kappa shape index (κ3) is 2.91. The van der Waals surface area contributed by atoms with Gasteiger partial charge in [-0.2, -0.15) is 0 Å². The molecule has 0 bridgehead atoms. The monoisotopic (exact) mass is 327 g/mol. The minimum absolute atomic E-state index is 0.104. The lowest BCUT2D eigenvalue weighted by Crippen LogP contribution is -2.30. The zero-order chi connectivity index (χ0) is 14.0. The lowest BCUT2D eigenvalue weighted by molar-refractivity contribution is 0.546. The molecule has 0 spiro atoms. The molecule has 3 nitrogen and oxygen atoms in total. The second kappa shape index (κ2) is 5.64. The third-order valence-electron chi connectivity index (χ3n) is 2.80. The van der Waals surface area contributed by atoms with Crippen molar-refractivity contribution in [2.45, 2.75) is 6.04 Å². The number of hydrogen-bond acceptors (Lipinski definition) is 3. The number of nitrogens with two attached hydrogens (primary N) is 2. The molecule has 2 rings (SSSR count). The van der Waals surface area contributed by atoms with E-state index in [0.717, 1.165) is 22.7 Å². The van der Waals surface area contributed by atoms with Crippen LogP contribution in [0.1, 0.15) is 17.2 Å². The third-order valence-corrected chi connectivity index (χ3v) is 3.29. The molecule has 19 heavy (non-hydrogen) atoms. The van der Waals surface area contributed by atoms with Gasteiger partial charge in [-0.3, -0.25) is 5.84 Å². The molecule has 0 aromatic heterocycles. The van der Waals surface area contributed by atoms with Crippen LogP contribution >= 0.6 is 15.9 Å². The van der Waals surface area contributed by atoms with Crippen molar-refractivity contribution < 1.29 is 8.78 Å². The first-order chi connectivity index (χ1) is 9.02. The lowest BCUT2D eigenvalue weighted by Gasteiger charge is -2.19. The Bertz CT molecular complexity index is 553. The Morgan fingerprint density at radius 1 is 1.05 bits per heavy atom. The summed E-state index contributed by atoms with van der Waals surface area (Å²) in [5.41, 5.74) is 9.44. The molecule has 5 N–H and O–H groups in total. The summed E-state index contributed by atoms with van der Waals surface area (Å²) in [6, 6.07) is 7.62. The first-order valence-corrected chi connectivity index (χ1v) is 6.28. The molecule has 100 valence electrons. The smallest absolute Gasteiger partial charge is 0.128 e. The topological polar surface area (TPSA) is 64.1 Å². The van der Waals surface area contributed by atoms with Crippen LogP contribution < -0.4 is 17.0 Å². The molecule has 0 heterocycles. The Kier molecular flexibility index (Phi) is 4.14. The largest absolute Gasteiger partial charge is 0.398 e. The minimum Gasteiger partial charge on any atom is -0.398 e. The number of halogens is 3. The van der Waals surface area contributed by atoms with E-state index in [1.54, 1.807) is 18.2 Å². The van der Waals surface area contributed by atoms with Gasteiger partial charge in [-0.15, -0.1) is 0 Å². The number of anilines is 1. The normalized spacial score (nSPS) is 12.4. The van der Waals surface area contributed by atoms with Gasteiger partial charge in [-0.25, -0.2) is 14.2 Å². The standard InChI is InChI=1S/C13H12BrF2N3/c14-7-1-4-12(17)10(5-7)13(19-18)9-6-8(15)2-3-11(9)16/h1-6,13,19H,17-18H2. The van der Waals surface area contributed by atoms with E-state index in [4.69, 9.17) is 11.6 Å². The van der Waals surface area contributed by atoms with Gasteiger partial charge < -0.3 is 5.73 Å². The summed E-state index contributed by atoms with van der Waals surface area (Å²) in [5.74, 6) is 4.38. The first kappa shape index (κ1) is 13.9. The molecule has 1 unspecified atom stereocenters. The highest BCUT2D eigenvalue weighted by atomic mass is 79.9. The maximum absolute atomic E-state index is 13.8. The van der Waals surface area contributed by atoms with Gasteiger partial charge in [0.1, 0.15) is 11.6 Å². The van der Waals surface area contributed by atoms with Crippen LogP contribution in [0.4, 0.5) is 14.5 Å². The quantitative estimate of drug-likeness (QED) is 0.461. The fourth-order valence-electron chi connectivity index (χ4n) is 1.88. The van der Waals surface area contributed by atoms with Gasteiger partial charge in [0.05, 0.1) is 6.04 Å². The molecule has 6 heteroatoms. The van der Waals surface area contributed by atoms with Crippen LogP contribution in [0.2, 0.25) is 0 Å². The number of hydrazine groups is 1. The second-order valence-corrected chi connectivity index (χ2v) is 4.95. The van der Waals surface area contributed by atoms with Gasteiger partial charge >= 0.3 is 0 Å². The van der Waals surface area contributed by atoms with E-state index in [1.165, 1.54) is 0 Å². The molecule has 0 amide bonds. The summed E-state index contributed by atoms with van der Waals surface area (Å²) in [5, 5.41) is 0. The van der Waals surface area contributed by atoms with Crippen molar-refractivity contribution in [2.75, 3.05) is 5.73 Å². The average molecular weight is 328 g/mol. The zero-order valence-electron chi connectivity index (χ0n) is 9.83. The molecule has 0 aliphatic heterocycles. The maximum Gasteiger partial charge on any atom is 0.128 e. The van der Waals surface area contributed by atoms with Gasteiger partial charge in [0.25, 0.3) is 0 Å². The van der Waals surface area contributed by atoms with Crippen molar-refractivity contribution in [1.29, 1.82) is 0 Å². The van der Waals surface area contributed by atoms with Crippen LogP contribution in [0.5, 0.6) is 0 Å². The summed E-state index contributed by atoms with van der Waals surface area (Å²) in [6.45, 7) is 0. The van der Waals surface area contributed by atoms with Crippen LogP contribution in [-0.4, -0.2) is 0 Å². The highest BCUT2D eigenvalue weighted by Gasteiger charge is 2.19. The Morgan fingerprint density at radius 3 is 2.47 bits per heavy atom. The molecule has 0 saturated heterocycles. The number of rotatable bonds is 3. The van der Waals surface area contributed by atoms with E-state index in [9.17, 15) is 8.78 Å². The second-order valence-electron chi connectivity index (χ2n) is 4.04. The summed E-state index contributed by atoms with van der Waals surface area (Å²) in [4.78, 5) is 0. The van der Waals surface area contributed by atoms with E-state index < -0.39 is 17.7 Å².